The van der Waals surface area contributed by atoms with Crippen molar-refractivity contribution in [3.63, 3.8) is 0 Å². The van der Waals surface area contributed by atoms with E-state index in [4.69, 9.17) is 11.0 Å². The number of amides is 1. The molecule has 0 aliphatic carbocycles. The maximum atomic E-state index is 10.5. The Kier molecular flexibility index (Phi) is 3.09. The molecule has 0 fully saturated rings. The van der Waals surface area contributed by atoms with Gasteiger partial charge in [-0.15, -0.1) is 0 Å². The molecule has 0 radical (unpaired) electrons. The van der Waals surface area contributed by atoms with Crippen molar-refractivity contribution in [2.45, 2.75) is 12.8 Å². The number of primary amides is 1. The predicted octanol–water partition coefficient (Wildman–Crippen LogP) is 0.489. The van der Waals surface area contributed by atoms with E-state index >= 15 is 0 Å². The van der Waals surface area contributed by atoms with Gasteiger partial charge in [0.25, 0.3) is 0 Å². The lowest BCUT2D eigenvalue weighted by Gasteiger charge is -2.13. The summed E-state index contributed by atoms with van der Waals surface area (Å²) < 4.78 is 0. The van der Waals surface area contributed by atoms with Gasteiger partial charge in [-0.25, -0.2) is 0 Å². The lowest BCUT2D eigenvalue weighted by atomic mass is 10.1. The lowest BCUT2D eigenvalue weighted by molar-refractivity contribution is -0.117. The first kappa shape index (κ1) is 9.33. The molecule has 68 valence electrons. The number of hydrogen-bond donors (Lipinski definition) is 1. The molecule has 1 heterocycles. The maximum Gasteiger partial charge on any atom is 0.217 e. The molecule has 0 unspecified atom stereocenters. The summed E-state index contributed by atoms with van der Waals surface area (Å²) in [6.45, 7) is 0.584. The second-order valence-corrected chi connectivity index (χ2v) is 2.81. The summed E-state index contributed by atoms with van der Waals surface area (Å²) in [6, 6.07) is 0. The van der Waals surface area contributed by atoms with Gasteiger partial charge in [0.2, 0.25) is 5.91 Å². The molecule has 0 saturated carbocycles. The van der Waals surface area contributed by atoms with E-state index in [0.717, 1.165) is 5.57 Å². The van der Waals surface area contributed by atoms with E-state index in [0.29, 0.717) is 19.4 Å². The van der Waals surface area contributed by atoms with Crippen LogP contribution in [0, 0.1) is 11.5 Å². The van der Waals surface area contributed by atoms with Gasteiger partial charge in [-0.2, -0.15) is 5.26 Å². The summed E-state index contributed by atoms with van der Waals surface area (Å²) in [5.74, 6) is -0.294. The van der Waals surface area contributed by atoms with Crippen LogP contribution < -0.4 is 5.73 Å². The zero-order chi connectivity index (χ0) is 9.68. The van der Waals surface area contributed by atoms with Gasteiger partial charge in [0, 0.05) is 12.6 Å². The Labute approximate surface area is 76.9 Å². The minimum absolute atomic E-state index is 0.294. The molecule has 1 aliphatic heterocycles. The molecule has 0 aromatic carbocycles. The number of nitrogens with two attached hydrogens (primary N) is 1. The normalized spacial score (nSPS) is 15.0. The monoisotopic (exact) mass is 177 g/mol. The molecule has 0 spiro atoms. The molecular formula is C9H11N3O. The summed E-state index contributed by atoms with van der Waals surface area (Å²) >= 11 is 0. The van der Waals surface area contributed by atoms with Crippen LogP contribution in [-0.4, -0.2) is 17.4 Å². The molecule has 0 bridgehead atoms. The third-order valence-corrected chi connectivity index (χ3v) is 1.81. The molecule has 2 N–H and O–H groups in total. The molecule has 0 atom stereocenters. The average Bonchev–Trinajstić information content (AvgIpc) is 2.15. The third kappa shape index (κ3) is 2.99. The van der Waals surface area contributed by atoms with E-state index < -0.39 is 0 Å². The Morgan fingerprint density at radius 3 is 3.00 bits per heavy atom. The second-order valence-electron chi connectivity index (χ2n) is 2.81. The highest BCUT2D eigenvalue weighted by Gasteiger charge is 2.04. The number of nitrogens with zero attached hydrogens (tertiary/aromatic N) is 2. The van der Waals surface area contributed by atoms with Crippen LogP contribution in [0.5, 0.6) is 0 Å². The molecule has 1 aliphatic rings. The SMILES string of the molecule is N#CN1C=CC(CCC(N)=O)=CC1. The van der Waals surface area contributed by atoms with Crippen molar-refractivity contribution in [3.05, 3.63) is 23.9 Å². The predicted molar refractivity (Wildman–Crippen MR) is 48.0 cm³/mol. The Morgan fingerprint density at radius 1 is 1.77 bits per heavy atom. The van der Waals surface area contributed by atoms with Crippen LogP contribution in [-0.2, 0) is 4.79 Å². The molecule has 1 rings (SSSR count). The minimum atomic E-state index is -0.294. The fraction of sp³-hybridized carbons (Fsp3) is 0.333. The fourth-order valence-electron chi connectivity index (χ4n) is 1.06. The van der Waals surface area contributed by atoms with E-state index in [9.17, 15) is 4.79 Å². The van der Waals surface area contributed by atoms with Crippen LogP contribution in [0.2, 0.25) is 0 Å². The molecule has 0 aromatic heterocycles. The number of carbonyl (C=O) groups excluding carboxylic acids is 1. The summed E-state index contributed by atoms with van der Waals surface area (Å²) in [5.41, 5.74) is 6.07. The minimum Gasteiger partial charge on any atom is -0.370 e. The number of hydrogen-bond acceptors (Lipinski definition) is 3. The van der Waals surface area contributed by atoms with Crippen molar-refractivity contribution in [2.75, 3.05) is 6.54 Å². The van der Waals surface area contributed by atoms with Crippen LogP contribution in [0.4, 0.5) is 0 Å². The van der Waals surface area contributed by atoms with Gasteiger partial charge in [-0.3, -0.25) is 9.69 Å². The van der Waals surface area contributed by atoms with Crippen molar-refractivity contribution in [1.82, 2.24) is 4.90 Å². The van der Waals surface area contributed by atoms with Gasteiger partial charge in [0.05, 0.1) is 6.54 Å². The highest BCUT2D eigenvalue weighted by atomic mass is 16.1. The maximum absolute atomic E-state index is 10.5. The Hall–Kier alpha value is -1.76. The number of allylic oxidation sites excluding steroid dienone is 2. The first-order chi connectivity index (χ1) is 6.22. The van der Waals surface area contributed by atoms with Crippen LogP contribution in [0.25, 0.3) is 0 Å². The number of carbonyl (C=O) groups is 1. The average molecular weight is 177 g/mol. The summed E-state index contributed by atoms with van der Waals surface area (Å²) in [4.78, 5) is 12.0. The van der Waals surface area contributed by atoms with Crippen LogP contribution in [0.3, 0.4) is 0 Å². The lowest BCUT2D eigenvalue weighted by Crippen LogP contribution is -2.14. The van der Waals surface area contributed by atoms with E-state index in [1.165, 1.54) is 4.90 Å². The van der Waals surface area contributed by atoms with Crippen molar-refractivity contribution >= 4 is 5.91 Å². The Balaban J connectivity index is 2.40. The van der Waals surface area contributed by atoms with Gasteiger partial charge in [-0.05, 0) is 18.1 Å². The molecular weight excluding hydrogens is 166 g/mol. The standard InChI is InChI=1S/C9H11N3O/c10-7-12-5-3-8(4-6-12)1-2-9(11)13/h3-5H,1-2,6H2,(H2,11,13). The largest absolute Gasteiger partial charge is 0.370 e. The van der Waals surface area contributed by atoms with Gasteiger partial charge < -0.3 is 5.73 Å². The van der Waals surface area contributed by atoms with Crippen molar-refractivity contribution in [1.29, 1.82) is 5.26 Å². The molecule has 1 amide bonds. The number of rotatable bonds is 3. The molecule has 4 heteroatoms. The van der Waals surface area contributed by atoms with Gasteiger partial charge in [0.15, 0.2) is 6.19 Å². The van der Waals surface area contributed by atoms with Crippen LogP contribution in [0.15, 0.2) is 23.9 Å². The fourth-order valence-corrected chi connectivity index (χ4v) is 1.06. The van der Waals surface area contributed by atoms with E-state index in [1.807, 2.05) is 18.3 Å². The zero-order valence-corrected chi connectivity index (χ0v) is 7.23. The highest BCUT2D eigenvalue weighted by molar-refractivity contribution is 5.74. The van der Waals surface area contributed by atoms with E-state index in [1.54, 1.807) is 6.20 Å². The number of nitriles is 1. The first-order valence-corrected chi connectivity index (χ1v) is 4.04. The second kappa shape index (κ2) is 4.31. The highest BCUT2D eigenvalue weighted by Crippen LogP contribution is 2.11. The molecule has 4 nitrogen and oxygen atoms in total. The smallest absolute Gasteiger partial charge is 0.217 e. The van der Waals surface area contributed by atoms with Crippen LogP contribution in [0.1, 0.15) is 12.8 Å². The molecule has 13 heavy (non-hydrogen) atoms. The van der Waals surface area contributed by atoms with Crippen molar-refractivity contribution in [2.24, 2.45) is 5.73 Å². The third-order valence-electron chi connectivity index (χ3n) is 1.81. The van der Waals surface area contributed by atoms with Gasteiger partial charge in [0.1, 0.15) is 0 Å². The summed E-state index contributed by atoms with van der Waals surface area (Å²) in [7, 11) is 0. The van der Waals surface area contributed by atoms with Gasteiger partial charge >= 0.3 is 0 Å². The topological polar surface area (TPSA) is 70.1 Å². The molecule has 0 saturated heterocycles. The van der Waals surface area contributed by atoms with Crippen LogP contribution >= 0.6 is 0 Å². The summed E-state index contributed by atoms with van der Waals surface area (Å²) in [5, 5.41) is 8.52. The zero-order valence-electron chi connectivity index (χ0n) is 7.23. The van der Waals surface area contributed by atoms with Gasteiger partial charge in [-0.1, -0.05) is 6.08 Å². The molecule has 0 aromatic rings. The Morgan fingerprint density at radius 2 is 2.54 bits per heavy atom. The first-order valence-electron chi connectivity index (χ1n) is 4.04. The van der Waals surface area contributed by atoms with E-state index in [-0.39, 0.29) is 5.91 Å². The summed E-state index contributed by atoms with van der Waals surface area (Å²) in [6.07, 6.45) is 8.48. The van der Waals surface area contributed by atoms with Crippen molar-refractivity contribution < 1.29 is 4.79 Å². The van der Waals surface area contributed by atoms with Crippen molar-refractivity contribution in [3.8, 4) is 6.19 Å². The van der Waals surface area contributed by atoms with E-state index in [2.05, 4.69) is 0 Å². The quantitative estimate of drug-likeness (QED) is 0.638. The Bertz CT molecular complexity index is 298.